The molecule has 3 N–H and O–H groups in total. The third-order valence-electron chi connectivity index (χ3n) is 0.204. The molecule has 0 heterocycles. The quantitative estimate of drug-likeness (QED) is 0.328. The summed E-state index contributed by atoms with van der Waals surface area (Å²) in [5.74, 6) is 3.10. The summed E-state index contributed by atoms with van der Waals surface area (Å²) in [7, 11) is -6.00. The molecule has 0 amide bonds. The number of rotatable bonds is 1. The molecular formula is C2H8BF4NO. The zero-order chi connectivity index (χ0) is 7.91. The molecular weight excluding hydrogens is 141 g/mol. The minimum atomic E-state index is -6.00. The number of hydrogen-bond acceptors (Lipinski definition) is 1. The van der Waals surface area contributed by atoms with Gasteiger partial charge in [-0.05, 0) is 6.92 Å². The molecule has 58 valence electrons. The molecule has 0 spiro atoms. The minimum Gasteiger partial charge on any atom is -0.418 e. The molecule has 0 radical (unpaired) electrons. The third-order valence-corrected chi connectivity index (χ3v) is 0.204. The lowest BCUT2D eigenvalue weighted by Crippen LogP contribution is -2.48. The molecule has 2 nitrogen and oxygen atoms in total. The molecule has 9 heavy (non-hydrogen) atoms. The standard InChI is InChI=1S/C2H8NO.BF4/c1-2-4-3;2-1(3,4)5/h2H2,1,3H3;/q+1;-1. The fraction of sp³-hybridized carbons (Fsp3) is 1.00. The molecule has 0 rings (SSSR count). The van der Waals surface area contributed by atoms with Crippen LogP contribution in [0.4, 0.5) is 17.3 Å². The molecule has 0 aliphatic rings. The minimum absolute atomic E-state index is 0.708. The van der Waals surface area contributed by atoms with Crippen LogP contribution in [-0.2, 0) is 4.84 Å². The van der Waals surface area contributed by atoms with Crippen molar-refractivity contribution in [1.82, 2.24) is 0 Å². The number of halogens is 4. The Labute approximate surface area is 50.0 Å². The maximum absolute atomic E-state index is 9.75. The Morgan fingerprint density at radius 2 is 1.44 bits per heavy atom. The van der Waals surface area contributed by atoms with Crippen molar-refractivity contribution in [3.8, 4) is 0 Å². The van der Waals surface area contributed by atoms with E-state index in [1.165, 1.54) is 0 Å². The van der Waals surface area contributed by atoms with E-state index < -0.39 is 7.25 Å². The van der Waals surface area contributed by atoms with Gasteiger partial charge in [-0.15, -0.1) is 0 Å². The predicted octanol–water partition coefficient (Wildman–Crippen LogP) is 0.480. The van der Waals surface area contributed by atoms with Crippen LogP contribution in [0.25, 0.3) is 0 Å². The van der Waals surface area contributed by atoms with Gasteiger partial charge in [-0.3, -0.25) is 0 Å². The summed E-state index contributed by atoms with van der Waals surface area (Å²) in [5, 5.41) is 0. The Kier molecular flexibility index (Phi) is 7.45. The van der Waals surface area contributed by atoms with Crippen molar-refractivity contribution >= 4 is 7.25 Å². The maximum atomic E-state index is 9.75. The smallest absolute Gasteiger partial charge is 0.418 e. The molecule has 0 aromatic rings. The fourth-order valence-electron chi connectivity index (χ4n) is 0. The first-order valence-corrected chi connectivity index (χ1v) is 2.16. The van der Waals surface area contributed by atoms with Crippen LogP contribution >= 0.6 is 0 Å². The highest BCUT2D eigenvalue weighted by atomic mass is 19.5. The zero-order valence-corrected chi connectivity index (χ0v) is 4.91. The summed E-state index contributed by atoms with van der Waals surface area (Å²) in [5.41, 5.74) is 0. The average Bonchev–Trinajstić information content (AvgIpc) is 1.61. The van der Waals surface area contributed by atoms with E-state index in [0.717, 1.165) is 0 Å². The summed E-state index contributed by atoms with van der Waals surface area (Å²) < 4.78 is 39.0. The van der Waals surface area contributed by atoms with Crippen LogP contribution in [0.2, 0.25) is 0 Å². The van der Waals surface area contributed by atoms with Crippen LogP contribution < -0.4 is 5.90 Å². The van der Waals surface area contributed by atoms with Crippen molar-refractivity contribution in [1.29, 1.82) is 0 Å². The summed E-state index contributed by atoms with van der Waals surface area (Å²) in [6, 6.07) is 0. The van der Waals surface area contributed by atoms with E-state index in [-0.39, 0.29) is 0 Å². The Morgan fingerprint density at radius 1 is 1.33 bits per heavy atom. The number of hydrogen-bond donors (Lipinski definition) is 1. The van der Waals surface area contributed by atoms with E-state index in [0.29, 0.717) is 6.61 Å². The molecule has 0 saturated heterocycles. The molecule has 0 atom stereocenters. The second-order valence-electron chi connectivity index (χ2n) is 0.988. The van der Waals surface area contributed by atoms with E-state index in [2.05, 4.69) is 10.7 Å². The van der Waals surface area contributed by atoms with Gasteiger partial charge >= 0.3 is 7.25 Å². The summed E-state index contributed by atoms with van der Waals surface area (Å²) in [6.45, 7) is 2.60. The molecule has 0 aliphatic heterocycles. The molecule has 0 aromatic carbocycles. The van der Waals surface area contributed by atoms with E-state index in [9.17, 15) is 17.3 Å². The van der Waals surface area contributed by atoms with Crippen LogP contribution in [0.1, 0.15) is 6.92 Å². The first-order valence-electron chi connectivity index (χ1n) is 2.16. The van der Waals surface area contributed by atoms with Gasteiger partial charge in [0.15, 0.2) is 0 Å². The van der Waals surface area contributed by atoms with Gasteiger partial charge in [0.2, 0.25) is 0 Å². The van der Waals surface area contributed by atoms with Crippen molar-refractivity contribution in [2.75, 3.05) is 6.61 Å². The van der Waals surface area contributed by atoms with Gasteiger partial charge in [0.1, 0.15) is 6.61 Å². The maximum Gasteiger partial charge on any atom is 0.673 e. The van der Waals surface area contributed by atoms with Crippen molar-refractivity contribution in [3.63, 3.8) is 0 Å². The van der Waals surface area contributed by atoms with Gasteiger partial charge in [0.05, 0.1) is 0 Å². The number of quaternary nitrogens is 1. The van der Waals surface area contributed by atoms with Crippen LogP contribution in [0.3, 0.4) is 0 Å². The van der Waals surface area contributed by atoms with Gasteiger partial charge in [0.25, 0.3) is 0 Å². The lowest BCUT2D eigenvalue weighted by atomic mass is 10.3. The van der Waals surface area contributed by atoms with Gasteiger partial charge in [-0.1, -0.05) is 0 Å². The Morgan fingerprint density at radius 3 is 1.44 bits per heavy atom. The SMILES string of the molecule is CCO[NH3+].F[B-](F)(F)F. The average molecular weight is 149 g/mol. The normalized spacial score (nSPS) is 10.0. The highest BCUT2D eigenvalue weighted by Crippen LogP contribution is 2.06. The molecule has 0 fully saturated rings. The van der Waals surface area contributed by atoms with Crippen LogP contribution in [0, 0.1) is 0 Å². The van der Waals surface area contributed by atoms with Gasteiger partial charge in [0, 0.05) is 0 Å². The first kappa shape index (κ1) is 11.5. The summed E-state index contributed by atoms with van der Waals surface area (Å²) in [4.78, 5) is 4.29. The van der Waals surface area contributed by atoms with Crippen molar-refractivity contribution in [2.24, 2.45) is 0 Å². The van der Waals surface area contributed by atoms with E-state index in [4.69, 9.17) is 0 Å². The van der Waals surface area contributed by atoms with Crippen LogP contribution in [-0.4, -0.2) is 13.9 Å². The lowest BCUT2D eigenvalue weighted by molar-refractivity contribution is -0.688. The van der Waals surface area contributed by atoms with E-state index in [1.807, 2.05) is 6.92 Å². The van der Waals surface area contributed by atoms with Gasteiger partial charge < -0.3 is 17.3 Å². The van der Waals surface area contributed by atoms with Gasteiger partial charge in [-0.25, -0.2) is 10.7 Å². The van der Waals surface area contributed by atoms with Crippen molar-refractivity contribution in [2.45, 2.75) is 6.92 Å². The highest BCUT2D eigenvalue weighted by Gasteiger charge is 2.20. The largest absolute Gasteiger partial charge is 0.673 e. The van der Waals surface area contributed by atoms with Crippen molar-refractivity contribution in [3.05, 3.63) is 0 Å². The molecule has 0 unspecified atom stereocenters. The fourth-order valence-corrected chi connectivity index (χ4v) is 0. The monoisotopic (exact) mass is 149 g/mol. The molecule has 7 heteroatoms. The lowest BCUT2D eigenvalue weighted by Gasteiger charge is -1.94. The van der Waals surface area contributed by atoms with Crippen molar-refractivity contribution < 1.29 is 28.0 Å². The van der Waals surface area contributed by atoms with E-state index in [1.54, 1.807) is 0 Å². The van der Waals surface area contributed by atoms with Crippen LogP contribution in [0.5, 0.6) is 0 Å². The van der Waals surface area contributed by atoms with Crippen LogP contribution in [0.15, 0.2) is 0 Å². The topological polar surface area (TPSA) is 36.9 Å². The molecule has 0 aromatic heterocycles. The predicted molar refractivity (Wildman–Crippen MR) is 24.7 cm³/mol. The Balaban J connectivity index is 0. The Bertz CT molecular complexity index is 49.0. The molecule has 0 bridgehead atoms. The Hall–Kier alpha value is -0.295. The summed E-state index contributed by atoms with van der Waals surface area (Å²) >= 11 is 0. The van der Waals surface area contributed by atoms with E-state index >= 15 is 0 Å². The summed E-state index contributed by atoms with van der Waals surface area (Å²) in [6.07, 6.45) is 0. The zero-order valence-electron chi connectivity index (χ0n) is 4.91. The highest BCUT2D eigenvalue weighted by molar-refractivity contribution is 6.50. The first-order chi connectivity index (χ1) is 3.91. The molecule has 0 aliphatic carbocycles. The van der Waals surface area contributed by atoms with Gasteiger partial charge in [-0.2, -0.15) is 0 Å². The second kappa shape index (κ2) is 5.83. The second-order valence-corrected chi connectivity index (χ2v) is 0.988. The third kappa shape index (κ3) is 505. The molecule has 0 saturated carbocycles.